The lowest BCUT2D eigenvalue weighted by atomic mass is 9.76. The summed E-state index contributed by atoms with van der Waals surface area (Å²) in [5.41, 5.74) is -0.206. The zero-order valence-corrected chi connectivity index (χ0v) is 31.7. The first-order chi connectivity index (χ1) is 25.4. The van der Waals surface area contributed by atoms with E-state index >= 15 is 4.39 Å². The standard InChI is InChI=1S/C37H52FN7O8/c1-8-45(24(4)5)36(48)25-18-26(38)32-33(52-29(47)12-11-28(46)51-32)31(25)53-35-34(40-22-41-42-35)43-17-14-37(19-43)20-44(21-37)27(23(2)3)10-9-15-39-16-13-30(49-6)50-7/h11-12,18,22-24,27,30,39H,8-10,13-17,19-21H2,1-7H3/b12-11+/t27-/m1/s1. The molecule has 290 valence electrons. The number of ether oxygens (including phenoxy) is 5. The van der Waals surface area contributed by atoms with E-state index < -0.39 is 35.2 Å². The van der Waals surface area contributed by atoms with Crippen LogP contribution in [0.25, 0.3) is 0 Å². The van der Waals surface area contributed by atoms with Crippen LogP contribution in [0.15, 0.2) is 24.5 Å². The largest absolute Gasteiger partial charge is 0.430 e. The molecule has 0 unspecified atom stereocenters. The molecule has 1 aromatic carbocycles. The summed E-state index contributed by atoms with van der Waals surface area (Å²) in [6, 6.07) is 1.10. The Morgan fingerprint density at radius 2 is 1.74 bits per heavy atom. The first kappa shape index (κ1) is 39.9. The van der Waals surface area contributed by atoms with Crippen LogP contribution in [0.5, 0.6) is 23.1 Å². The second-order valence-electron chi connectivity index (χ2n) is 14.4. The van der Waals surface area contributed by atoms with Gasteiger partial charge in [0.1, 0.15) is 6.33 Å². The Labute approximate surface area is 310 Å². The van der Waals surface area contributed by atoms with Crippen molar-refractivity contribution >= 4 is 23.7 Å². The number of hydrogen-bond donors (Lipinski definition) is 1. The topological polar surface area (TPSA) is 158 Å². The highest BCUT2D eigenvalue weighted by Gasteiger charge is 2.50. The van der Waals surface area contributed by atoms with Gasteiger partial charge in [-0.05, 0) is 65.1 Å². The van der Waals surface area contributed by atoms with E-state index in [1.165, 1.54) is 11.2 Å². The van der Waals surface area contributed by atoms with Gasteiger partial charge >= 0.3 is 11.9 Å². The fraction of sp³-hybridized carbons (Fsp3) is 0.622. The van der Waals surface area contributed by atoms with Crippen LogP contribution in [0.3, 0.4) is 0 Å². The van der Waals surface area contributed by atoms with E-state index in [4.69, 9.17) is 23.7 Å². The van der Waals surface area contributed by atoms with Crippen molar-refractivity contribution < 1.29 is 42.5 Å². The van der Waals surface area contributed by atoms with Crippen LogP contribution in [0.2, 0.25) is 0 Å². The molecular formula is C37H52FN7O8. The van der Waals surface area contributed by atoms with Gasteiger partial charge in [-0.3, -0.25) is 9.69 Å². The van der Waals surface area contributed by atoms with Gasteiger partial charge in [0.25, 0.3) is 11.8 Å². The third kappa shape index (κ3) is 9.28. The number of methoxy groups -OCH3 is 2. The molecule has 0 aliphatic carbocycles. The number of fused-ring (bicyclic) bond motifs is 1. The van der Waals surface area contributed by atoms with Crippen molar-refractivity contribution in [2.75, 3.05) is 64.9 Å². The molecule has 2 saturated heterocycles. The minimum atomic E-state index is -1.08. The highest BCUT2D eigenvalue weighted by atomic mass is 19.1. The molecule has 1 spiro atoms. The molecule has 15 nitrogen and oxygen atoms in total. The van der Waals surface area contributed by atoms with Crippen molar-refractivity contribution in [1.82, 2.24) is 30.3 Å². The molecule has 16 heteroatoms. The molecule has 0 radical (unpaired) electrons. The lowest BCUT2D eigenvalue weighted by Crippen LogP contribution is -2.62. The second kappa shape index (κ2) is 17.7. The zero-order chi connectivity index (χ0) is 38.3. The Balaban J connectivity index is 1.33. The van der Waals surface area contributed by atoms with Gasteiger partial charge in [0.05, 0.1) is 5.56 Å². The number of hydrogen-bond acceptors (Lipinski definition) is 14. The number of carbonyl (C=O) groups is 3. The van der Waals surface area contributed by atoms with Crippen LogP contribution in [0.4, 0.5) is 10.2 Å². The third-order valence-corrected chi connectivity index (χ3v) is 10.1. The van der Waals surface area contributed by atoms with Crippen LogP contribution < -0.4 is 24.4 Å². The Morgan fingerprint density at radius 3 is 2.38 bits per heavy atom. The molecule has 1 N–H and O–H groups in total. The Hall–Kier alpha value is -4.25. The van der Waals surface area contributed by atoms with Crippen LogP contribution >= 0.6 is 0 Å². The molecule has 2 fully saturated rings. The number of carbonyl (C=O) groups excluding carboxylic acids is 3. The molecule has 1 amide bonds. The molecule has 5 rings (SSSR count). The number of aromatic nitrogens is 3. The molecule has 4 heterocycles. The maximum atomic E-state index is 15.6. The number of nitrogens with zero attached hydrogens (tertiary/aromatic N) is 6. The summed E-state index contributed by atoms with van der Waals surface area (Å²) in [5.74, 6) is -4.48. The molecule has 0 bridgehead atoms. The average Bonchev–Trinajstić information content (AvgIpc) is 3.56. The van der Waals surface area contributed by atoms with Crippen molar-refractivity contribution in [3.05, 3.63) is 35.9 Å². The Morgan fingerprint density at radius 1 is 1.04 bits per heavy atom. The molecule has 1 atom stereocenters. The zero-order valence-electron chi connectivity index (χ0n) is 31.7. The van der Waals surface area contributed by atoms with E-state index in [1.54, 1.807) is 21.1 Å². The molecule has 3 aliphatic rings. The van der Waals surface area contributed by atoms with Gasteiger partial charge in [-0.2, -0.15) is 0 Å². The number of halogens is 1. The fourth-order valence-corrected chi connectivity index (χ4v) is 7.46. The summed E-state index contributed by atoms with van der Waals surface area (Å²) in [4.78, 5) is 49.5. The molecule has 2 aromatic rings. The quantitative estimate of drug-likeness (QED) is 0.108. The SMILES string of the molecule is CCN(C(=O)c1cc(F)c2c(c1Oc1nncnc1N1CCC3(C1)CN([C@H](CCCNCCC(OC)OC)C(C)C)C3)OC(=O)/C=C/C(=O)O2)C(C)C. The van der Waals surface area contributed by atoms with E-state index in [2.05, 4.69) is 44.1 Å². The predicted octanol–water partition coefficient (Wildman–Crippen LogP) is 3.97. The van der Waals surface area contributed by atoms with Gasteiger partial charge in [0, 0.05) is 83.0 Å². The van der Waals surface area contributed by atoms with Gasteiger partial charge < -0.3 is 38.8 Å². The summed E-state index contributed by atoms with van der Waals surface area (Å²) >= 11 is 0. The van der Waals surface area contributed by atoms with E-state index in [0.717, 1.165) is 70.1 Å². The van der Waals surface area contributed by atoms with Crippen molar-refractivity contribution in [3.8, 4) is 23.1 Å². The van der Waals surface area contributed by atoms with Crippen LogP contribution in [-0.2, 0) is 19.1 Å². The van der Waals surface area contributed by atoms with E-state index in [0.29, 0.717) is 37.4 Å². The molecule has 3 aliphatic heterocycles. The summed E-state index contributed by atoms with van der Waals surface area (Å²) in [6.07, 6.45) is 6.64. The van der Waals surface area contributed by atoms with Gasteiger partial charge in [0.2, 0.25) is 11.5 Å². The molecular weight excluding hydrogens is 689 g/mol. The number of amides is 1. The Kier molecular flexibility index (Phi) is 13.4. The van der Waals surface area contributed by atoms with Crippen LogP contribution in [-0.4, -0.2) is 121 Å². The normalized spacial score (nSPS) is 18.1. The number of benzene rings is 1. The monoisotopic (exact) mass is 741 g/mol. The van der Waals surface area contributed by atoms with Gasteiger partial charge in [-0.25, -0.2) is 19.0 Å². The number of nitrogens with one attached hydrogen (secondary N) is 1. The number of anilines is 1. The molecule has 1 aromatic heterocycles. The van der Waals surface area contributed by atoms with E-state index in [9.17, 15) is 14.4 Å². The van der Waals surface area contributed by atoms with Crippen LogP contribution in [0, 0.1) is 17.2 Å². The summed E-state index contributed by atoms with van der Waals surface area (Å²) in [6.45, 7) is 15.3. The highest BCUT2D eigenvalue weighted by Crippen LogP contribution is 2.48. The van der Waals surface area contributed by atoms with Crippen LogP contribution in [0.1, 0.15) is 70.7 Å². The summed E-state index contributed by atoms with van der Waals surface area (Å²) < 4.78 is 43.0. The number of likely N-dealkylation sites (tertiary alicyclic amines) is 1. The molecule has 53 heavy (non-hydrogen) atoms. The minimum absolute atomic E-state index is 0.0459. The maximum absolute atomic E-state index is 15.6. The summed E-state index contributed by atoms with van der Waals surface area (Å²) in [7, 11) is 3.30. The minimum Gasteiger partial charge on any atom is -0.430 e. The van der Waals surface area contributed by atoms with Gasteiger partial charge in [-0.1, -0.05) is 13.8 Å². The number of rotatable bonds is 17. The fourth-order valence-electron chi connectivity index (χ4n) is 7.46. The lowest BCUT2D eigenvalue weighted by Gasteiger charge is -2.53. The first-order valence-electron chi connectivity index (χ1n) is 18.3. The van der Waals surface area contributed by atoms with Crippen molar-refractivity contribution in [1.29, 1.82) is 0 Å². The van der Waals surface area contributed by atoms with Crippen molar-refractivity contribution in [2.24, 2.45) is 11.3 Å². The first-order valence-corrected chi connectivity index (χ1v) is 18.3. The summed E-state index contributed by atoms with van der Waals surface area (Å²) in [5, 5.41) is 11.6. The van der Waals surface area contributed by atoms with E-state index in [-0.39, 0.29) is 34.9 Å². The van der Waals surface area contributed by atoms with Gasteiger partial charge in [-0.15, -0.1) is 10.2 Å². The van der Waals surface area contributed by atoms with Crippen molar-refractivity contribution in [3.63, 3.8) is 0 Å². The third-order valence-electron chi connectivity index (χ3n) is 10.1. The second-order valence-corrected chi connectivity index (χ2v) is 14.4. The van der Waals surface area contributed by atoms with Crippen molar-refractivity contribution in [2.45, 2.75) is 78.7 Å². The maximum Gasteiger partial charge on any atom is 0.336 e. The van der Waals surface area contributed by atoms with Gasteiger partial charge in [0.15, 0.2) is 23.7 Å². The lowest BCUT2D eigenvalue weighted by molar-refractivity contribution is -0.133. The smallest absolute Gasteiger partial charge is 0.336 e. The number of esters is 2. The van der Waals surface area contributed by atoms with E-state index in [1.807, 2.05) is 13.8 Å². The average molecular weight is 742 g/mol. The predicted molar refractivity (Wildman–Crippen MR) is 193 cm³/mol. The molecule has 0 saturated carbocycles. The highest BCUT2D eigenvalue weighted by molar-refractivity contribution is 6.01. The Bertz CT molecular complexity index is 1650.